The second-order valence-electron chi connectivity index (χ2n) is 4.98. The molecule has 0 amide bonds. The zero-order valence-electron chi connectivity index (χ0n) is 12.2. The zero-order chi connectivity index (χ0) is 15.5. The monoisotopic (exact) mass is 312 g/mol. The van der Waals surface area contributed by atoms with Crippen molar-refractivity contribution in [3.05, 3.63) is 24.3 Å². The Morgan fingerprint density at radius 1 is 1.38 bits per heavy atom. The Morgan fingerprint density at radius 3 is 2.76 bits per heavy atom. The van der Waals surface area contributed by atoms with Gasteiger partial charge in [0.05, 0.1) is 18.7 Å². The molecule has 1 saturated heterocycles. The highest BCUT2D eigenvalue weighted by Gasteiger charge is 2.29. The van der Waals surface area contributed by atoms with Gasteiger partial charge in [0.1, 0.15) is 4.90 Å². The van der Waals surface area contributed by atoms with Crippen molar-refractivity contribution in [2.75, 3.05) is 32.1 Å². The van der Waals surface area contributed by atoms with E-state index in [1.165, 1.54) is 14.2 Å². The van der Waals surface area contributed by atoms with Crippen LogP contribution in [0.4, 0.5) is 5.69 Å². The van der Waals surface area contributed by atoms with Crippen molar-refractivity contribution in [2.45, 2.75) is 17.7 Å². The summed E-state index contributed by atoms with van der Waals surface area (Å²) < 4.78 is 31.3. The smallest absolute Gasteiger partial charge is 0.310 e. The molecule has 0 spiro atoms. The maximum Gasteiger partial charge on any atom is 0.310 e. The van der Waals surface area contributed by atoms with Crippen LogP contribution < -0.4 is 9.62 Å². The minimum Gasteiger partial charge on any atom is -0.469 e. The van der Waals surface area contributed by atoms with Crippen molar-refractivity contribution in [1.82, 2.24) is 4.72 Å². The minimum absolute atomic E-state index is 0.214. The third-order valence-corrected chi connectivity index (χ3v) is 5.18. The van der Waals surface area contributed by atoms with Gasteiger partial charge in [-0.1, -0.05) is 12.1 Å². The van der Waals surface area contributed by atoms with E-state index in [1.807, 2.05) is 4.90 Å². The standard InChI is InChI=1S/C14H20N2O4S/c1-15-21(18,19)13-8-4-3-7-12(13)16-9-5-6-11(10-16)14(17)20-2/h3-4,7-8,11,15H,5-6,9-10H2,1-2H3. The molecule has 116 valence electrons. The van der Waals surface area contributed by atoms with Crippen LogP contribution in [0.2, 0.25) is 0 Å². The number of sulfonamides is 1. The van der Waals surface area contributed by atoms with Crippen molar-refractivity contribution < 1.29 is 17.9 Å². The summed E-state index contributed by atoms with van der Waals surface area (Å²) >= 11 is 0. The van der Waals surface area contributed by atoms with Gasteiger partial charge in [-0.2, -0.15) is 0 Å². The number of methoxy groups -OCH3 is 1. The molecule has 1 aliphatic heterocycles. The summed E-state index contributed by atoms with van der Waals surface area (Å²) in [6.07, 6.45) is 1.60. The molecule has 2 rings (SSSR count). The Bertz CT molecular complexity index is 615. The molecule has 0 saturated carbocycles. The van der Waals surface area contributed by atoms with Crippen LogP contribution in [0.15, 0.2) is 29.2 Å². The molecule has 1 aromatic carbocycles. The summed E-state index contributed by atoms with van der Waals surface area (Å²) in [5.74, 6) is -0.456. The number of anilines is 1. The zero-order valence-corrected chi connectivity index (χ0v) is 13.0. The predicted molar refractivity (Wildman–Crippen MR) is 79.6 cm³/mol. The lowest BCUT2D eigenvalue weighted by Gasteiger charge is -2.34. The van der Waals surface area contributed by atoms with Gasteiger partial charge in [0.15, 0.2) is 0 Å². The number of carbonyl (C=O) groups excluding carboxylic acids is 1. The van der Waals surface area contributed by atoms with Crippen LogP contribution in [0.3, 0.4) is 0 Å². The first-order valence-corrected chi connectivity index (χ1v) is 8.33. The van der Waals surface area contributed by atoms with E-state index in [9.17, 15) is 13.2 Å². The Kier molecular flexibility index (Phi) is 4.84. The highest BCUT2D eigenvalue weighted by molar-refractivity contribution is 7.89. The number of hydrogen-bond acceptors (Lipinski definition) is 5. The summed E-state index contributed by atoms with van der Waals surface area (Å²) in [5, 5.41) is 0. The van der Waals surface area contributed by atoms with E-state index >= 15 is 0 Å². The molecule has 7 heteroatoms. The molecule has 0 radical (unpaired) electrons. The van der Waals surface area contributed by atoms with Gasteiger partial charge in [0.25, 0.3) is 0 Å². The maximum absolute atomic E-state index is 12.1. The molecule has 1 aliphatic rings. The number of piperidine rings is 1. The number of nitrogens with zero attached hydrogens (tertiary/aromatic N) is 1. The highest BCUT2D eigenvalue weighted by Crippen LogP contribution is 2.29. The minimum atomic E-state index is -3.53. The van der Waals surface area contributed by atoms with Gasteiger partial charge in [-0.25, -0.2) is 13.1 Å². The van der Waals surface area contributed by atoms with Gasteiger partial charge in [-0.05, 0) is 32.0 Å². The number of benzene rings is 1. The van der Waals surface area contributed by atoms with E-state index in [0.29, 0.717) is 12.2 Å². The van der Waals surface area contributed by atoms with Crippen LogP contribution in [0, 0.1) is 5.92 Å². The number of nitrogens with one attached hydrogen (secondary N) is 1. The van der Waals surface area contributed by atoms with Crippen LogP contribution in [0.25, 0.3) is 0 Å². The maximum atomic E-state index is 12.1. The summed E-state index contributed by atoms with van der Waals surface area (Å²) in [6, 6.07) is 6.83. The second kappa shape index (κ2) is 6.44. The van der Waals surface area contributed by atoms with Crippen LogP contribution in [-0.4, -0.2) is 41.6 Å². The van der Waals surface area contributed by atoms with E-state index < -0.39 is 10.0 Å². The summed E-state index contributed by atoms with van der Waals surface area (Å²) in [7, 11) is -0.765. The summed E-state index contributed by atoms with van der Waals surface area (Å²) in [5.41, 5.74) is 0.625. The largest absolute Gasteiger partial charge is 0.469 e. The normalized spacial score (nSPS) is 19.3. The van der Waals surface area contributed by atoms with E-state index in [4.69, 9.17) is 4.74 Å². The summed E-state index contributed by atoms with van der Waals surface area (Å²) in [4.78, 5) is 13.9. The van der Waals surface area contributed by atoms with Crippen LogP contribution in [-0.2, 0) is 19.6 Å². The molecule has 21 heavy (non-hydrogen) atoms. The number of rotatable bonds is 4. The van der Waals surface area contributed by atoms with E-state index in [-0.39, 0.29) is 16.8 Å². The SMILES string of the molecule is CNS(=O)(=O)c1ccccc1N1CCCC(C(=O)OC)C1. The first-order chi connectivity index (χ1) is 9.99. The Labute approximate surface area is 125 Å². The molecular formula is C14H20N2O4S. The molecule has 1 N–H and O–H groups in total. The first kappa shape index (κ1) is 15.8. The van der Waals surface area contributed by atoms with Gasteiger partial charge in [-0.15, -0.1) is 0 Å². The molecule has 6 nitrogen and oxygen atoms in total. The van der Waals surface area contributed by atoms with Gasteiger partial charge >= 0.3 is 5.97 Å². The number of carbonyl (C=O) groups is 1. The predicted octanol–water partition coefficient (Wildman–Crippen LogP) is 0.984. The van der Waals surface area contributed by atoms with Gasteiger partial charge in [0, 0.05) is 13.1 Å². The fourth-order valence-corrected chi connectivity index (χ4v) is 3.56. The van der Waals surface area contributed by atoms with E-state index in [2.05, 4.69) is 4.72 Å². The lowest BCUT2D eigenvalue weighted by atomic mass is 9.98. The van der Waals surface area contributed by atoms with Gasteiger partial charge in [0.2, 0.25) is 10.0 Å². The van der Waals surface area contributed by atoms with Crippen molar-refractivity contribution in [3.63, 3.8) is 0 Å². The second-order valence-corrected chi connectivity index (χ2v) is 6.84. The van der Waals surface area contributed by atoms with Crippen LogP contribution in [0.5, 0.6) is 0 Å². The lowest BCUT2D eigenvalue weighted by Crippen LogP contribution is -2.40. The highest BCUT2D eigenvalue weighted by atomic mass is 32.2. The van der Waals surface area contributed by atoms with Crippen molar-refractivity contribution in [3.8, 4) is 0 Å². The quantitative estimate of drug-likeness (QED) is 0.839. The molecule has 1 atom stereocenters. The Hall–Kier alpha value is -1.60. The fraction of sp³-hybridized carbons (Fsp3) is 0.500. The molecule has 1 heterocycles. The van der Waals surface area contributed by atoms with Gasteiger partial charge < -0.3 is 9.64 Å². The lowest BCUT2D eigenvalue weighted by molar-refractivity contribution is -0.145. The molecule has 1 aromatic rings. The molecular weight excluding hydrogens is 292 g/mol. The number of esters is 1. The molecule has 1 unspecified atom stereocenters. The average Bonchev–Trinajstić information content (AvgIpc) is 2.54. The fourth-order valence-electron chi connectivity index (χ4n) is 2.61. The third kappa shape index (κ3) is 3.36. The van der Waals surface area contributed by atoms with E-state index in [0.717, 1.165) is 19.4 Å². The Morgan fingerprint density at radius 2 is 2.10 bits per heavy atom. The van der Waals surface area contributed by atoms with Crippen LogP contribution >= 0.6 is 0 Å². The summed E-state index contributed by atoms with van der Waals surface area (Å²) in [6.45, 7) is 1.20. The first-order valence-electron chi connectivity index (χ1n) is 6.85. The van der Waals surface area contributed by atoms with E-state index in [1.54, 1.807) is 24.3 Å². The van der Waals surface area contributed by atoms with Crippen molar-refractivity contribution in [2.24, 2.45) is 5.92 Å². The topological polar surface area (TPSA) is 75.7 Å². The van der Waals surface area contributed by atoms with Crippen molar-refractivity contribution >= 4 is 21.7 Å². The molecule has 0 aliphatic carbocycles. The number of ether oxygens (including phenoxy) is 1. The molecule has 1 fully saturated rings. The number of hydrogen-bond donors (Lipinski definition) is 1. The third-order valence-electron chi connectivity index (χ3n) is 3.72. The Balaban J connectivity index is 2.32. The molecule has 0 bridgehead atoms. The van der Waals surface area contributed by atoms with Gasteiger partial charge in [-0.3, -0.25) is 4.79 Å². The average molecular weight is 312 g/mol. The molecule has 0 aromatic heterocycles. The van der Waals surface area contributed by atoms with Crippen molar-refractivity contribution in [1.29, 1.82) is 0 Å². The number of para-hydroxylation sites is 1. The van der Waals surface area contributed by atoms with Crippen LogP contribution in [0.1, 0.15) is 12.8 Å².